The van der Waals surface area contributed by atoms with Gasteiger partial charge in [0, 0.05) is 31.0 Å². The maximum atomic E-state index is 11.4. The van der Waals surface area contributed by atoms with Crippen LogP contribution in [0.3, 0.4) is 0 Å². The average Bonchev–Trinajstić information content (AvgIpc) is 2.45. The molecule has 0 amide bonds. The molecule has 0 bridgehead atoms. The molecule has 0 radical (unpaired) electrons. The van der Waals surface area contributed by atoms with Gasteiger partial charge in [-0.2, -0.15) is 0 Å². The molecule has 1 aliphatic heterocycles. The molecule has 2 atom stereocenters. The summed E-state index contributed by atoms with van der Waals surface area (Å²) in [7, 11) is 0. The minimum atomic E-state index is -0.406. The second kappa shape index (κ2) is 5.92. The monoisotopic (exact) mass is 267 g/mol. The van der Waals surface area contributed by atoms with E-state index in [9.17, 15) is 9.90 Å². The van der Waals surface area contributed by atoms with Gasteiger partial charge < -0.3 is 14.8 Å². The molecule has 1 aliphatic carbocycles. The summed E-state index contributed by atoms with van der Waals surface area (Å²) >= 11 is 0. The van der Waals surface area contributed by atoms with E-state index in [2.05, 4.69) is 18.7 Å². The first-order valence-corrected chi connectivity index (χ1v) is 7.98. The van der Waals surface area contributed by atoms with Crippen LogP contribution in [0, 0.1) is 11.3 Å². The minimum Gasteiger partial charge on any atom is -0.390 e. The Bertz CT molecular complexity index is 314. The fraction of sp³-hybridized carbons (Fsp3) is 0.938. The van der Waals surface area contributed by atoms with Crippen molar-refractivity contribution in [3.63, 3.8) is 0 Å². The highest BCUT2D eigenvalue weighted by Crippen LogP contribution is 2.40. The number of hydrogen-bond donors (Lipinski definition) is 1. The summed E-state index contributed by atoms with van der Waals surface area (Å²) in [5, 5.41) is 10.7. The molecule has 1 saturated carbocycles. The molecule has 3 heteroatoms. The molecule has 0 aromatic heterocycles. The van der Waals surface area contributed by atoms with Crippen LogP contribution >= 0.6 is 0 Å². The Morgan fingerprint density at radius 1 is 1.32 bits per heavy atom. The van der Waals surface area contributed by atoms with Crippen molar-refractivity contribution in [2.24, 2.45) is 11.3 Å². The zero-order valence-electron chi connectivity index (χ0n) is 12.5. The third-order valence-electron chi connectivity index (χ3n) is 5.71. The number of aliphatic hydroxyl groups is 1. The molecule has 0 spiro atoms. The van der Waals surface area contributed by atoms with Gasteiger partial charge in [-0.15, -0.1) is 0 Å². The molecule has 2 rings (SSSR count). The lowest BCUT2D eigenvalue weighted by atomic mass is 9.70. The first kappa shape index (κ1) is 15.0. The van der Waals surface area contributed by atoms with Crippen LogP contribution in [0.1, 0.15) is 58.8 Å². The largest absolute Gasteiger partial charge is 0.390 e. The maximum Gasteiger partial charge on any atom is 0.127 e. The van der Waals surface area contributed by atoms with Crippen LogP contribution in [0.15, 0.2) is 0 Å². The number of aldehydes is 1. The summed E-state index contributed by atoms with van der Waals surface area (Å²) in [6, 6.07) is 0. The van der Waals surface area contributed by atoms with Gasteiger partial charge >= 0.3 is 0 Å². The number of hydrogen-bond acceptors (Lipinski definition) is 3. The predicted molar refractivity (Wildman–Crippen MR) is 77.0 cm³/mol. The van der Waals surface area contributed by atoms with E-state index in [0.29, 0.717) is 5.92 Å². The Morgan fingerprint density at radius 2 is 2.05 bits per heavy atom. The minimum absolute atomic E-state index is 0.176. The van der Waals surface area contributed by atoms with E-state index in [0.717, 1.165) is 58.0 Å². The van der Waals surface area contributed by atoms with Crippen molar-refractivity contribution in [2.45, 2.75) is 64.4 Å². The van der Waals surface area contributed by atoms with Gasteiger partial charge in [-0.1, -0.05) is 26.7 Å². The summed E-state index contributed by atoms with van der Waals surface area (Å²) in [6.07, 6.45) is 8.44. The van der Waals surface area contributed by atoms with Crippen LogP contribution < -0.4 is 0 Å². The van der Waals surface area contributed by atoms with E-state index >= 15 is 0 Å². The number of likely N-dealkylation sites (tertiary alicyclic amines) is 1. The summed E-state index contributed by atoms with van der Waals surface area (Å²) in [5.74, 6) is 0.424. The van der Waals surface area contributed by atoms with Crippen LogP contribution in [0.4, 0.5) is 0 Å². The molecule has 0 aromatic rings. The molecule has 0 aromatic carbocycles. The van der Waals surface area contributed by atoms with Crippen molar-refractivity contribution >= 4 is 6.29 Å². The SMILES string of the molecule is CCC(C=O)(CC)CN1CCC2(O)CCCCC2C1. The normalized spacial score (nSPS) is 32.9. The van der Waals surface area contributed by atoms with Crippen molar-refractivity contribution in [3.8, 4) is 0 Å². The van der Waals surface area contributed by atoms with Gasteiger partial charge in [0.25, 0.3) is 0 Å². The van der Waals surface area contributed by atoms with E-state index in [1.54, 1.807) is 0 Å². The number of piperidine rings is 1. The van der Waals surface area contributed by atoms with Crippen molar-refractivity contribution in [3.05, 3.63) is 0 Å². The Labute approximate surface area is 117 Å². The molecule has 2 unspecified atom stereocenters. The second-order valence-electron chi connectivity index (χ2n) is 6.72. The Balaban J connectivity index is 1.99. The van der Waals surface area contributed by atoms with Crippen LogP contribution in [-0.2, 0) is 4.79 Å². The second-order valence-corrected chi connectivity index (χ2v) is 6.72. The maximum absolute atomic E-state index is 11.4. The van der Waals surface area contributed by atoms with Gasteiger partial charge in [0.05, 0.1) is 5.60 Å². The molecular weight excluding hydrogens is 238 g/mol. The van der Waals surface area contributed by atoms with Crippen LogP contribution in [0.5, 0.6) is 0 Å². The van der Waals surface area contributed by atoms with Gasteiger partial charge in [-0.05, 0) is 32.1 Å². The van der Waals surface area contributed by atoms with E-state index in [-0.39, 0.29) is 5.41 Å². The van der Waals surface area contributed by atoms with E-state index in [1.165, 1.54) is 12.8 Å². The third-order valence-corrected chi connectivity index (χ3v) is 5.71. The highest BCUT2D eigenvalue weighted by atomic mass is 16.3. The predicted octanol–water partition coefficient (Wildman–Crippen LogP) is 2.62. The summed E-state index contributed by atoms with van der Waals surface area (Å²) in [6.45, 7) is 7.02. The van der Waals surface area contributed by atoms with Crippen molar-refractivity contribution in [2.75, 3.05) is 19.6 Å². The zero-order chi connectivity index (χ0) is 13.9. The third kappa shape index (κ3) is 3.03. The van der Waals surface area contributed by atoms with Crippen LogP contribution in [-0.4, -0.2) is 41.5 Å². The standard InChI is InChI=1S/C16H29NO2/c1-3-15(4-2,13-18)12-17-10-9-16(19)8-6-5-7-14(16)11-17/h13-14,19H,3-12H2,1-2H3. The van der Waals surface area contributed by atoms with Gasteiger partial charge in [0.1, 0.15) is 6.29 Å². The van der Waals surface area contributed by atoms with Crippen LogP contribution in [0.25, 0.3) is 0 Å². The number of nitrogens with zero attached hydrogens (tertiary/aromatic N) is 1. The first-order chi connectivity index (χ1) is 9.07. The number of fused-ring (bicyclic) bond motifs is 1. The van der Waals surface area contributed by atoms with Crippen LogP contribution in [0.2, 0.25) is 0 Å². The summed E-state index contributed by atoms with van der Waals surface area (Å²) in [5.41, 5.74) is -0.582. The molecule has 19 heavy (non-hydrogen) atoms. The highest BCUT2D eigenvalue weighted by molar-refractivity contribution is 5.59. The highest BCUT2D eigenvalue weighted by Gasteiger charge is 2.43. The quantitative estimate of drug-likeness (QED) is 0.778. The van der Waals surface area contributed by atoms with Crippen molar-refractivity contribution < 1.29 is 9.90 Å². The summed E-state index contributed by atoms with van der Waals surface area (Å²) in [4.78, 5) is 13.9. The molecular formula is C16H29NO2. The van der Waals surface area contributed by atoms with Gasteiger partial charge in [0.15, 0.2) is 0 Å². The number of carbonyl (C=O) groups is 1. The Hall–Kier alpha value is -0.410. The topological polar surface area (TPSA) is 40.5 Å². The lowest BCUT2D eigenvalue weighted by molar-refractivity contribution is -0.122. The Morgan fingerprint density at radius 3 is 2.68 bits per heavy atom. The van der Waals surface area contributed by atoms with Crippen molar-refractivity contribution in [1.82, 2.24) is 4.90 Å². The molecule has 2 aliphatic rings. The molecule has 110 valence electrons. The molecule has 1 N–H and O–H groups in total. The summed E-state index contributed by atoms with van der Waals surface area (Å²) < 4.78 is 0. The fourth-order valence-electron chi connectivity index (χ4n) is 3.91. The van der Waals surface area contributed by atoms with Gasteiger partial charge in [-0.3, -0.25) is 0 Å². The molecule has 3 nitrogen and oxygen atoms in total. The number of rotatable bonds is 5. The smallest absolute Gasteiger partial charge is 0.127 e. The van der Waals surface area contributed by atoms with Gasteiger partial charge in [0.2, 0.25) is 0 Å². The Kier molecular flexibility index (Phi) is 4.67. The van der Waals surface area contributed by atoms with Gasteiger partial charge in [-0.25, -0.2) is 0 Å². The molecule has 1 heterocycles. The lowest BCUT2D eigenvalue weighted by Crippen LogP contribution is -2.55. The number of carbonyl (C=O) groups excluding carboxylic acids is 1. The van der Waals surface area contributed by atoms with E-state index < -0.39 is 5.60 Å². The first-order valence-electron chi connectivity index (χ1n) is 7.98. The molecule has 2 fully saturated rings. The molecule has 1 saturated heterocycles. The van der Waals surface area contributed by atoms with Crippen molar-refractivity contribution in [1.29, 1.82) is 0 Å². The van der Waals surface area contributed by atoms with E-state index in [4.69, 9.17) is 0 Å². The fourth-order valence-corrected chi connectivity index (χ4v) is 3.91. The average molecular weight is 267 g/mol. The zero-order valence-corrected chi connectivity index (χ0v) is 12.5. The van der Waals surface area contributed by atoms with E-state index in [1.807, 2.05) is 0 Å². The lowest BCUT2D eigenvalue weighted by Gasteiger charge is -2.48.